The van der Waals surface area contributed by atoms with Crippen LogP contribution >= 0.6 is 11.3 Å². The Bertz CT molecular complexity index is 1150. The number of ether oxygens (including phenoxy) is 1. The lowest BCUT2D eigenvalue weighted by atomic mass is 10.1. The molecule has 0 saturated heterocycles. The summed E-state index contributed by atoms with van der Waals surface area (Å²) in [7, 11) is 0. The molecule has 0 unspecified atom stereocenters. The minimum absolute atomic E-state index is 0.0331. The molecule has 0 saturated carbocycles. The van der Waals surface area contributed by atoms with E-state index in [1.165, 1.54) is 0 Å². The number of carbonyl (C=O) groups is 1. The average Bonchev–Trinajstić information content (AvgIpc) is 3.04. The van der Waals surface area contributed by atoms with Crippen molar-refractivity contribution in [2.24, 2.45) is 0 Å². The second kappa shape index (κ2) is 8.11. The molecule has 154 valence electrons. The van der Waals surface area contributed by atoms with Crippen molar-refractivity contribution < 1.29 is 27.8 Å². The van der Waals surface area contributed by atoms with Crippen LogP contribution in [0, 0.1) is 0 Å². The number of alkyl halides is 3. The number of carboxylic acid groups (broad SMARTS) is 1. The van der Waals surface area contributed by atoms with Crippen molar-refractivity contribution in [1.29, 1.82) is 0 Å². The van der Waals surface area contributed by atoms with Gasteiger partial charge in [0.25, 0.3) is 5.56 Å². The monoisotopic (exact) mass is 428 g/mol. The van der Waals surface area contributed by atoms with Crippen LogP contribution in [0.15, 0.2) is 46.0 Å². The maximum atomic E-state index is 12.8. The number of rotatable bonds is 6. The van der Waals surface area contributed by atoms with Gasteiger partial charge in [0.15, 0.2) is 5.06 Å². The van der Waals surface area contributed by atoms with Gasteiger partial charge in [-0.3, -0.25) is 13.9 Å². The van der Waals surface area contributed by atoms with Crippen molar-refractivity contribution in [2.45, 2.75) is 32.1 Å². The first kappa shape index (κ1) is 20.6. The van der Waals surface area contributed by atoms with Gasteiger partial charge in [-0.25, -0.2) is 9.59 Å². The highest BCUT2D eigenvalue weighted by molar-refractivity contribution is 7.20. The number of benzene rings is 1. The highest BCUT2D eigenvalue weighted by atomic mass is 32.1. The summed E-state index contributed by atoms with van der Waals surface area (Å²) in [6.45, 7) is -0.730. The zero-order valence-electron chi connectivity index (χ0n) is 14.8. The van der Waals surface area contributed by atoms with E-state index in [9.17, 15) is 27.6 Å². The number of hydrogen-bond donors (Lipinski definition) is 1. The smallest absolute Gasteiger partial charge is 0.449 e. The molecule has 7 nitrogen and oxygen atoms in total. The molecule has 0 amide bonds. The van der Waals surface area contributed by atoms with Crippen LogP contribution in [0.3, 0.4) is 0 Å². The standard InChI is InChI=1S/C18H15F3N2O5S/c19-18(20,21)7-9-23-15-12(10-13(29-15)28-17(26)27)14(24)22(16(23)25)8-6-11-4-2-1-3-5-11/h1-5,10H,6-9H2,(H,26,27). The zero-order chi connectivity index (χ0) is 21.2. The molecule has 0 aliphatic carbocycles. The highest BCUT2D eigenvalue weighted by Crippen LogP contribution is 2.30. The van der Waals surface area contributed by atoms with E-state index in [4.69, 9.17) is 5.11 Å². The van der Waals surface area contributed by atoms with Crippen LogP contribution in [0.5, 0.6) is 5.06 Å². The quantitative estimate of drug-likeness (QED) is 0.607. The molecule has 0 aliphatic heterocycles. The Morgan fingerprint density at radius 1 is 1.10 bits per heavy atom. The summed E-state index contributed by atoms with van der Waals surface area (Å²) >= 11 is 0.634. The number of nitrogens with zero attached hydrogens (tertiary/aromatic N) is 2. The second-order valence-electron chi connectivity index (χ2n) is 6.14. The lowest BCUT2D eigenvalue weighted by Crippen LogP contribution is -2.40. The predicted molar refractivity (Wildman–Crippen MR) is 99.8 cm³/mol. The van der Waals surface area contributed by atoms with E-state index in [-0.39, 0.29) is 21.8 Å². The normalized spacial score (nSPS) is 11.7. The third-order valence-corrected chi connectivity index (χ3v) is 5.18. The summed E-state index contributed by atoms with van der Waals surface area (Å²) in [6.07, 6.45) is -7.09. The van der Waals surface area contributed by atoms with Gasteiger partial charge in [-0.15, -0.1) is 0 Å². The Kier molecular flexibility index (Phi) is 5.78. The number of fused-ring (bicyclic) bond motifs is 1. The van der Waals surface area contributed by atoms with E-state index in [2.05, 4.69) is 4.74 Å². The average molecular weight is 428 g/mol. The van der Waals surface area contributed by atoms with E-state index in [0.717, 1.165) is 20.8 Å². The SMILES string of the molecule is O=C(O)Oc1cc2c(=O)n(CCc3ccccc3)c(=O)n(CCC(F)(F)F)c2s1. The first-order chi connectivity index (χ1) is 13.7. The summed E-state index contributed by atoms with van der Waals surface area (Å²) in [4.78, 5) is 36.2. The molecule has 0 aliphatic rings. The highest BCUT2D eigenvalue weighted by Gasteiger charge is 2.28. The largest absolute Gasteiger partial charge is 0.512 e. The zero-order valence-corrected chi connectivity index (χ0v) is 15.6. The second-order valence-corrected chi connectivity index (χ2v) is 7.14. The molecular weight excluding hydrogens is 413 g/mol. The summed E-state index contributed by atoms with van der Waals surface area (Å²) in [6, 6.07) is 10.1. The molecule has 2 aromatic heterocycles. The fourth-order valence-electron chi connectivity index (χ4n) is 2.83. The van der Waals surface area contributed by atoms with E-state index < -0.39 is 36.5 Å². The maximum Gasteiger partial charge on any atom is 0.512 e. The Balaban J connectivity index is 2.08. The molecule has 29 heavy (non-hydrogen) atoms. The van der Waals surface area contributed by atoms with Crippen molar-refractivity contribution in [3.63, 3.8) is 0 Å². The van der Waals surface area contributed by atoms with Crippen LogP contribution in [-0.2, 0) is 19.5 Å². The summed E-state index contributed by atoms with van der Waals surface area (Å²) in [5.41, 5.74) is -0.743. The number of thiophene rings is 1. The van der Waals surface area contributed by atoms with Crippen molar-refractivity contribution in [1.82, 2.24) is 9.13 Å². The van der Waals surface area contributed by atoms with Crippen molar-refractivity contribution in [3.8, 4) is 5.06 Å². The summed E-state index contributed by atoms with van der Waals surface area (Å²) < 4.78 is 44.4. The molecule has 11 heteroatoms. The predicted octanol–water partition coefficient (Wildman–Crippen LogP) is 3.48. The van der Waals surface area contributed by atoms with E-state index in [1.807, 2.05) is 0 Å². The Morgan fingerprint density at radius 2 is 1.79 bits per heavy atom. The molecule has 0 fully saturated rings. The van der Waals surface area contributed by atoms with Crippen LogP contribution in [0.1, 0.15) is 12.0 Å². The van der Waals surface area contributed by atoms with Gasteiger partial charge in [0.1, 0.15) is 4.83 Å². The molecule has 1 N–H and O–H groups in total. The van der Waals surface area contributed by atoms with Gasteiger partial charge in [0.2, 0.25) is 0 Å². The topological polar surface area (TPSA) is 90.5 Å². The minimum Gasteiger partial charge on any atom is -0.449 e. The van der Waals surface area contributed by atoms with Crippen molar-refractivity contribution in [3.05, 3.63) is 62.8 Å². The van der Waals surface area contributed by atoms with E-state index in [0.29, 0.717) is 17.8 Å². The van der Waals surface area contributed by atoms with Crippen LogP contribution in [0.25, 0.3) is 10.2 Å². The first-order valence-electron chi connectivity index (χ1n) is 8.44. The minimum atomic E-state index is -4.51. The molecular formula is C18H15F3N2O5S. The molecule has 0 bridgehead atoms. The summed E-state index contributed by atoms with van der Waals surface area (Å²) in [5.74, 6) is 0. The fourth-order valence-corrected chi connectivity index (χ4v) is 3.85. The van der Waals surface area contributed by atoms with Crippen molar-refractivity contribution >= 4 is 27.7 Å². The molecule has 0 radical (unpaired) electrons. The lowest BCUT2D eigenvalue weighted by molar-refractivity contribution is -0.136. The van der Waals surface area contributed by atoms with Gasteiger partial charge in [0, 0.05) is 19.2 Å². The molecule has 3 rings (SSSR count). The molecule has 0 atom stereocenters. The molecule has 2 heterocycles. The Labute approximate surface area is 165 Å². The third kappa shape index (κ3) is 4.86. The Morgan fingerprint density at radius 3 is 2.41 bits per heavy atom. The molecule has 3 aromatic rings. The van der Waals surface area contributed by atoms with Gasteiger partial charge in [-0.05, 0) is 12.0 Å². The van der Waals surface area contributed by atoms with Crippen LogP contribution in [0.2, 0.25) is 0 Å². The fraction of sp³-hybridized carbons (Fsp3) is 0.278. The lowest BCUT2D eigenvalue weighted by Gasteiger charge is -2.13. The maximum absolute atomic E-state index is 12.8. The van der Waals surface area contributed by atoms with Crippen molar-refractivity contribution in [2.75, 3.05) is 0 Å². The Hall–Kier alpha value is -3.08. The van der Waals surface area contributed by atoms with Crippen LogP contribution in [-0.4, -0.2) is 26.6 Å². The van der Waals surface area contributed by atoms with E-state index >= 15 is 0 Å². The van der Waals surface area contributed by atoms with Gasteiger partial charge < -0.3 is 9.84 Å². The van der Waals surface area contributed by atoms with E-state index in [1.54, 1.807) is 30.3 Å². The number of halogens is 3. The number of aryl methyl sites for hydroxylation is 2. The van der Waals surface area contributed by atoms with Gasteiger partial charge in [0.05, 0.1) is 11.8 Å². The number of hydrogen-bond acceptors (Lipinski definition) is 5. The molecule has 0 spiro atoms. The van der Waals surface area contributed by atoms with Gasteiger partial charge in [-0.2, -0.15) is 13.2 Å². The summed E-state index contributed by atoms with van der Waals surface area (Å²) in [5, 5.41) is 8.47. The van der Waals surface area contributed by atoms with Gasteiger partial charge >= 0.3 is 18.0 Å². The molecule has 1 aromatic carbocycles. The van der Waals surface area contributed by atoms with Crippen LogP contribution in [0.4, 0.5) is 18.0 Å². The third-order valence-electron chi connectivity index (χ3n) is 4.15. The number of aromatic nitrogens is 2. The van der Waals surface area contributed by atoms with Crippen LogP contribution < -0.4 is 16.0 Å². The van der Waals surface area contributed by atoms with Gasteiger partial charge in [-0.1, -0.05) is 41.7 Å². The first-order valence-corrected chi connectivity index (χ1v) is 9.26.